The number of esters is 3. The number of fused-ring (bicyclic) bond motifs is 5. The lowest BCUT2D eigenvalue weighted by atomic mass is 9.42. The van der Waals surface area contributed by atoms with Gasteiger partial charge in [-0.05, 0) is 85.9 Å². The van der Waals surface area contributed by atoms with Crippen molar-refractivity contribution in [1.82, 2.24) is 0 Å². The molecule has 0 aromatic rings. The molecule has 0 heterocycles. The minimum Gasteiger partial charge on any atom is -0.462 e. The standard InChI is InChI=1S/C33H54O6/c1-20(2)10-9-11-21(3)27-12-13-28-26-18-30(38-23(5)35)33(39-24(6)36)19-25(37-22(4)34)14-17-32(33,8)29(26)15-16-31(27,28)7/h20-21,25-30H,9-19H2,1-8H3/t21-,25+,26+,27-,28-,29-,30-,31-,32-,33+/m1/s1. The number of carbonyl (C=O) groups excluding carboxylic acids is 3. The summed E-state index contributed by atoms with van der Waals surface area (Å²) in [5.74, 6) is 2.58. The molecular formula is C33H54O6. The molecule has 0 aliphatic heterocycles. The maximum absolute atomic E-state index is 12.6. The molecule has 6 heteroatoms. The number of ether oxygens (including phenoxy) is 3. The van der Waals surface area contributed by atoms with Gasteiger partial charge in [0.25, 0.3) is 0 Å². The molecule has 4 rings (SSSR count). The minimum atomic E-state index is -0.986. The first kappa shape index (κ1) is 30.4. The highest BCUT2D eigenvalue weighted by Gasteiger charge is 2.71. The van der Waals surface area contributed by atoms with Crippen molar-refractivity contribution in [3.63, 3.8) is 0 Å². The molecule has 6 nitrogen and oxygen atoms in total. The Balaban J connectivity index is 1.66. The first-order chi connectivity index (χ1) is 18.2. The largest absolute Gasteiger partial charge is 0.462 e. The van der Waals surface area contributed by atoms with Crippen LogP contribution >= 0.6 is 0 Å². The van der Waals surface area contributed by atoms with Crippen LogP contribution < -0.4 is 0 Å². The third-order valence-corrected chi connectivity index (χ3v) is 11.9. The van der Waals surface area contributed by atoms with Crippen molar-refractivity contribution in [3.05, 3.63) is 0 Å². The van der Waals surface area contributed by atoms with Crippen LogP contribution in [0.25, 0.3) is 0 Å². The molecule has 0 amide bonds. The molecule has 10 atom stereocenters. The Morgan fingerprint density at radius 3 is 2.13 bits per heavy atom. The molecule has 0 aromatic carbocycles. The quantitative estimate of drug-likeness (QED) is 0.235. The van der Waals surface area contributed by atoms with Gasteiger partial charge >= 0.3 is 17.9 Å². The predicted molar refractivity (Wildman–Crippen MR) is 151 cm³/mol. The van der Waals surface area contributed by atoms with Crippen molar-refractivity contribution in [2.45, 2.75) is 144 Å². The Morgan fingerprint density at radius 1 is 0.821 bits per heavy atom. The van der Waals surface area contributed by atoms with Gasteiger partial charge in [0.2, 0.25) is 0 Å². The van der Waals surface area contributed by atoms with Crippen molar-refractivity contribution in [1.29, 1.82) is 0 Å². The van der Waals surface area contributed by atoms with Gasteiger partial charge in [-0.15, -0.1) is 0 Å². The van der Waals surface area contributed by atoms with E-state index in [1.807, 2.05) is 0 Å². The van der Waals surface area contributed by atoms with Gasteiger partial charge < -0.3 is 14.2 Å². The first-order valence-electron chi connectivity index (χ1n) is 15.8. The van der Waals surface area contributed by atoms with Crippen LogP contribution in [0, 0.1) is 46.3 Å². The smallest absolute Gasteiger partial charge is 0.303 e. The predicted octanol–water partition coefficient (Wildman–Crippen LogP) is 7.27. The Hall–Kier alpha value is -1.59. The summed E-state index contributed by atoms with van der Waals surface area (Å²) in [6, 6.07) is 0. The van der Waals surface area contributed by atoms with Gasteiger partial charge in [-0.25, -0.2) is 0 Å². The zero-order chi connectivity index (χ0) is 28.8. The highest BCUT2D eigenvalue weighted by molar-refractivity contribution is 5.68. The Labute approximate surface area is 236 Å². The molecular weight excluding hydrogens is 492 g/mol. The van der Waals surface area contributed by atoms with Crippen molar-refractivity contribution in [2.24, 2.45) is 46.3 Å². The molecule has 4 saturated carbocycles. The van der Waals surface area contributed by atoms with E-state index in [4.69, 9.17) is 14.2 Å². The summed E-state index contributed by atoms with van der Waals surface area (Å²) in [4.78, 5) is 37.0. The lowest BCUT2D eigenvalue weighted by Gasteiger charge is -2.66. The normalized spacial score (nSPS) is 42.1. The van der Waals surface area contributed by atoms with Crippen LogP contribution in [0.1, 0.15) is 126 Å². The summed E-state index contributed by atoms with van der Waals surface area (Å²) < 4.78 is 18.1. The summed E-state index contributed by atoms with van der Waals surface area (Å²) in [5.41, 5.74) is -1.04. The van der Waals surface area contributed by atoms with E-state index < -0.39 is 11.7 Å². The molecule has 0 saturated heterocycles. The van der Waals surface area contributed by atoms with E-state index >= 15 is 0 Å². The van der Waals surface area contributed by atoms with Crippen molar-refractivity contribution < 1.29 is 28.6 Å². The summed E-state index contributed by atoms with van der Waals surface area (Å²) in [6.45, 7) is 16.3. The van der Waals surface area contributed by atoms with Gasteiger partial charge in [-0.1, -0.05) is 53.9 Å². The fourth-order valence-electron chi connectivity index (χ4n) is 10.4. The summed E-state index contributed by atoms with van der Waals surface area (Å²) >= 11 is 0. The Kier molecular flexibility index (Phi) is 8.84. The van der Waals surface area contributed by atoms with Gasteiger partial charge in [0.15, 0.2) is 5.60 Å². The lowest BCUT2D eigenvalue weighted by molar-refractivity contribution is -0.279. The number of hydrogen-bond acceptors (Lipinski definition) is 6. The molecule has 0 radical (unpaired) electrons. The number of hydrogen-bond donors (Lipinski definition) is 0. The molecule has 39 heavy (non-hydrogen) atoms. The van der Waals surface area contributed by atoms with E-state index in [1.165, 1.54) is 59.3 Å². The Morgan fingerprint density at radius 2 is 1.51 bits per heavy atom. The molecule has 4 aliphatic rings. The second-order valence-corrected chi connectivity index (χ2v) is 14.6. The van der Waals surface area contributed by atoms with Gasteiger partial charge in [0, 0.05) is 32.6 Å². The van der Waals surface area contributed by atoms with Crippen LogP contribution in [0.4, 0.5) is 0 Å². The lowest BCUT2D eigenvalue weighted by Crippen LogP contribution is -2.70. The molecule has 0 unspecified atom stereocenters. The third kappa shape index (κ3) is 5.52. The van der Waals surface area contributed by atoms with E-state index in [-0.39, 0.29) is 29.4 Å². The fourth-order valence-corrected chi connectivity index (χ4v) is 10.4. The monoisotopic (exact) mass is 546 g/mol. The average molecular weight is 547 g/mol. The first-order valence-corrected chi connectivity index (χ1v) is 15.8. The summed E-state index contributed by atoms with van der Waals surface area (Å²) in [7, 11) is 0. The average Bonchev–Trinajstić information content (AvgIpc) is 3.16. The van der Waals surface area contributed by atoms with E-state index in [0.717, 1.165) is 37.0 Å². The van der Waals surface area contributed by atoms with E-state index in [1.54, 1.807) is 0 Å². The van der Waals surface area contributed by atoms with Crippen molar-refractivity contribution in [2.75, 3.05) is 0 Å². The van der Waals surface area contributed by atoms with Crippen LogP contribution in [0.3, 0.4) is 0 Å². The molecule has 4 aliphatic carbocycles. The zero-order valence-electron chi connectivity index (χ0n) is 25.8. The second-order valence-electron chi connectivity index (χ2n) is 14.6. The molecule has 0 N–H and O–H groups in total. The van der Waals surface area contributed by atoms with Crippen LogP contribution in [0.5, 0.6) is 0 Å². The van der Waals surface area contributed by atoms with Gasteiger partial charge in [-0.2, -0.15) is 0 Å². The van der Waals surface area contributed by atoms with Gasteiger partial charge in [0.05, 0.1) is 0 Å². The topological polar surface area (TPSA) is 78.9 Å². The molecule has 0 spiro atoms. The SMILES string of the molecule is CC(=O)O[C@H]1CC[C@]2(C)[C@@H]3CC[C@@]4(C)[C@H](CC[C@@H]4[C@H](C)CCCC(C)C)[C@@H]3C[C@@H](OC(C)=O)[C@@]2(OC(C)=O)C1. The molecule has 222 valence electrons. The second kappa shape index (κ2) is 11.4. The van der Waals surface area contributed by atoms with Crippen LogP contribution in [-0.2, 0) is 28.6 Å². The molecule has 0 aromatic heterocycles. The summed E-state index contributed by atoms with van der Waals surface area (Å²) in [6.07, 6.45) is 10.5. The van der Waals surface area contributed by atoms with Gasteiger partial charge in [0.1, 0.15) is 12.2 Å². The minimum absolute atomic E-state index is 0.298. The van der Waals surface area contributed by atoms with Crippen LogP contribution in [-0.4, -0.2) is 35.7 Å². The number of carbonyl (C=O) groups is 3. The van der Waals surface area contributed by atoms with Crippen molar-refractivity contribution >= 4 is 17.9 Å². The molecule has 4 fully saturated rings. The van der Waals surface area contributed by atoms with Crippen LogP contribution in [0.2, 0.25) is 0 Å². The van der Waals surface area contributed by atoms with E-state index in [9.17, 15) is 14.4 Å². The third-order valence-electron chi connectivity index (χ3n) is 11.9. The van der Waals surface area contributed by atoms with E-state index in [0.29, 0.717) is 36.0 Å². The number of rotatable bonds is 8. The molecule has 0 bridgehead atoms. The fraction of sp³-hybridized carbons (Fsp3) is 0.909. The highest BCUT2D eigenvalue weighted by atomic mass is 16.6. The summed E-state index contributed by atoms with van der Waals surface area (Å²) in [5, 5.41) is 0. The maximum Gasteiger partial charge on any atom is 0.303 e. The highest BCUT2D eigenvalue weighted by Crippen LogP contribution is 2.70. The van der Waals surface area contributed by atoms with Gasteiger partial charge in [-0.3, -0.25) is 14.4 Å². The van der Waals surface area contributed by atoms with Crippen molar-refractivity contribution in [3.8, 4) is 0 Å². The zero-order valence-corrected chi connectivity index (χ0v) is 25.8. The Bertz CT molecular complexity index is 929. The van der Waals surface area contributed by atoms with Crippen LogP contribution in [0.15, 0.2) is 0 Å². The maximum atomic E-state index is 12.6. The van der Waals surface area contributed by atoms with E-state index in [2.05, 4.69) is 34.6 Å².